The van der Waals surface area contributed by atoms with Gasteiger partial charge in [-0.1, -0.05) is 38.1 Å². The summed E-state index contributed by atoms with van der Waals surface area (Å²) in [4.78, 5) is 12.0. The Bertz CT molecular complexity index is 410. The van der Waals surface area contributed by atoms with Gasteiger partial charge in [0.25, 0.3) is 0 Å². The molecule has 0 fully saturated rings. The first-order chi connectivity index (χ1) is 9.42. The topological polar surface area (TPSA) is 55.1 Å². The summed E-state index contributed by atoms with van der Waals surface area (Å²) < 4.78 is 0. The van der Waals surface area contributed by atoms with Gasteiger partial charge in [0.05, 0.1) is 5.92 Å². The second-order valence-corrected chi connectivity index (χ2v) is 6.21. The highest BCUT2D eigenvalue weighted by molar-refractivity contribution is 5.79. The second-order valence-electron chi connectivity index (χ2n) is 6.21. The lowest BCUT2D eigenvalue weighted by molar-refractivity contribution is -0.125. The lowest BCUT2D eigenvalue weighted by atomic mass is 9.96. The minimum absolute atomic E-state index is 0.0498. The van der Waals surface area contributed by atoms with Gasteiger partial charge < -0.3 is 11.1 Å². The monoisotopic (exact) mass is 276 g/mol. The van der Waals surface area contributed by atoms with Crippen LogP contribution in [-0.2, 0) is 17.6 Å². The predicted octanol–water partition coefficient (Wildman–Crippen LogP) is 2.53. The van der Waals surface area contributed by atoms with E-state index < -0.39 is 0 Å². The van der Waals surface area contributed by atoms with Crippen molar-refractivity contribution in [3.8, 4) is 0 Å². The van der Waals surface area contributed by atoms with Gasteiger partial charge >= 0.3 is 0 Å². The van der Waals surface area contributed by atoms with Crippen LogP contribution in [0, 0.1) is 11.8 Å². The highest BCUT2D eigenvalue weighted by Gasteiger charge is 2.17. The molecule has 0 aromatic heterocycles. The standard InChI is InChI=1S/C17H28N2O/c1-12(2)9-14-5-7-15(8-6-14)10-16(11-18)17(20)19-13(3)4/h5-8,12-13,16H,9-11,18H2,1-4H3,(H,19,20). The SMILES string of the molecule is CC(C)Cc1ccc(CC(CN)C(=O)NC(C)C)cc1. The molecule has 0 spiro atoms. The number of amides is 1. The number of nitrogens with one attached hydrogen (secondary N) is 1. The van der Waals surface area contributed by atoms with Crippen LogP contribution in [0.25, 0.3) is 0 Å². The molecule has 0 aliphatic rings. The molecule has 1 atom stereocenters. The van der Waals surface area contributed by atoms with Gasteiger partial charge in [-0.25, -0.2) is 0 Å². The lowest BCUT2D eigenvalue weighted by Crippen LogP contribution is -2.39. The molecule has 0 aliphatic heterocycles. The summed E-state index contributed by atoms with van der Waals surface area (Å²) in [6.45, 7) is 8.74. The molecule has 1 unspecified atom stereocenters. The van der Waals surface area contributed by atoms with Crippen molar-refractivity contribution < 1.29 is 4.79 Å². The summed E-state index contributed by atoms with van der Waals surface area (Å²) >= 11 is 0. The van der Waals surface area contributed by atoms with E-state index in [2.05, 4.69) is 43.4 Å². The molecule has 0 saturated heterocycles. The number of benzene rings is 1. The molecule has 0 bridgehead atoms. The molecule has 20 heavy (non-hydrogen) atoms. The first-order valence-corrected chi connectivity index (χ1v) is 7.50. The summed E-state index contributed by atoms with van der Waals surface area (Å²) in [5, 5.41) is 2.93. The maximum atomic E-state index is 12.0. The van der Waals surface area contributed by atoms with E-state index in [1.807, 2.05) is 13.8 Å². The van der Waals surface area contributed by atoms with Crippen molar-refractivity contribution in [2.75, 3.05) is 6.54 Å². The van der Waals surface area contributed by atoms with Gasteiger partial charge in [-0.3, -0.25) is 4.79 Å². The number of hydrogen-bond acceptors (Lipinski definition) is 2. The zero-order chi connectivity index (χ0) is 15.1. The Morgan fingerprint density at radius 1 is 1.05 bits per heavy atom. The molecule has 0 aliphatic carbocycles. The summed E-state index contributed by atoms with van der Waals surface area (Å²) in [6.07, 6.45) is 1.80. The Balaban J connectivity index is 2.63. The van der Waals surface area contributed by atoms with E-state index in [1.165, 1.54) is 11.1 Å². The predicted molar refractivity (Wildman–Crippen MR) is 84.5 cm³/mol. The van der Waals surface area contributed by atoms with Crippen LogP contribution in [0.2, 0.25) is 0 Å². The minimum Gasteiger partial charge on any atom is -0.354 e. The van der Waals surface area contributed by atoms with E-state index >= 15 is 0 Å². The van der Waals surface area contributed by atoms with Crippen LogP contribution in [0.4, 0.5) is 0 Å². The van der Waals surface area contributed by atoms with Gasteiger partial charge in [0.1, 0.15) is 0 Å². The third-order valence-electron chi connectivity index (χ3n) is 3.24. The molecular formula is C17H28N2O. The summed E-state index contributed by atoms with van der Waals surface area (Å²) in [5.74, 6) is 0.566. The van der Waals surface area contributed by atoms with E-state index in [9.17, 15) is 4.79 Å². The van der Waals surface area contributed by atoms with Gasteiger partial charge in [-0.15, -0.1) is 0 Å². The molecule has 1 aromatic rings. The van der Waals surface area contributed by atoms with Crippen molar-refractivity contribution >= 4 is 5.91 Å². The van der Waals surface area contributed by atoms with E-state index in [1.54, 1.807) is 0 Å². The first-order valence-electron chi connectivity index (χ1n) is 7.50. The van der Waals surface area contributed by atoms with Crippen LogP contribution in [0.1, 0.15) is 38.8 Å². The van der Waals surface area contributed by atoms with Crippen molar-refractivity contribution in [2.24, 2.45) is 17.6 Å². The fourth-order valence-electron chi connectivity index (χ4n) is 2.25. The zero-order valence-electron chi connectivity index (χ0n) is 13.1. The molecule has 1 amide bonds. The molecule has 1 rings (SSSR count). The Hall–Kier alpha value is -1.35. The number of carbonyl (C=O) groups excluding carboxylic acids is 1. The molecule has 1 aromatic carbocycles. The van der Waals surface area contributed by atoms with Crippen molar-refractivity contribution in [3.63, 3.8) is 0 Å². The average molecular weight is 276 g/mol. The minimum atomic E-state index is -0.145. The zero-order valence-corrected chi connectivity index (χ0v) is 13.1. The Labute approximate surface area is 122 Å². The van der Waals surface area contributed by atoms with Crippen LogP contribution < -0.4 is 11.1 Å². The smallest absolute Gasteiger partial charge is 0.224 e. The third kappa shape index (κ3) is 5.74. The van der Waals surface area contributed by atoms with Crippen LogP contribution in [0.3, 0.4) is 0 Å². The van der Waals surface area contributed by atoms with Gasteiger partial charge in [0.15, 0.2) is 0 Å². The highest BCUT2D eigenvalue weighted by Crippen LogP contribution is 2.13. The van der Waals surface area contributed by atoms with E-state index in [4.69, 9.17) is 5.73 Å². The fourth-order valence-corrected chi connectivity index (χ4v) is 2.25. The van der Waals surface area contributed by atoms with Gasteiger partial charge in [0.2, 0.25) is 5.91 Å². The van der Waals surface area contributed by atoms with Gasteiger partial charge in [-0.2, -0.15) is 0 Å². The maximum absolute atomic E-state index is 12.0. The Morgan fingerprint density at radius 3 is 1.95 bits per heavy atom. The largest absolute Gasteiger partial charge is 0.354 e. The molecule has 3 N–H and O–H groups in total. The Kier molecular flexibility index (Phi) is 6.73. The Morgan fingerprint density at radius 2 is 1.55 bits per heavy atom. The van der Waals surface area contributed by atoms with E-state index in [0.717, 1.165) is 6.42 Å². The van der Waals surface area contributed by atoms with Crippen molar-refractivity contribution in [1.29, 1.82) is 0 Å². The summed E-state index contributed by atoms with van der Waals surface area (Å²) in [7, 11) is 0. The van der Waals surface area contributed by atoms with Crippen LogP contribution in [-0.4, -0.2) is 18.5 Å². The molecule has 0 heterocycles. The summed E-state index contributed by atoms with van der Waals surface area (Å²) in [6, 6.07) is 8.70. The van der Waals surface area contributed by atoms with Crippen molar-refractivity contribution in [1.82, 2.24) is 5.32 Å². The van der Waals surface area contributed by atoms with Crippen LogP contribution >= 0.6 is 0 Å². The van der Waals surface area contributed by atoms with Gasteiger partial charge in [0, 0.05) is 12.6 Å². The highest BCUT2D eigenvalue weighted by atomic mass is 16.1. The van der Waals surface area contributed by atoms with Gasteiger partial charge in [-0.05, 0) is 43.7 Å². The molecule has 3 nitrogen and oxygen atoms in total. The number of nitrogens with two attached hydrogens (primary N) is 1. The second kappa shape index (κ2) is 8.05. The van der Waals surface area contributed by atoms with Crippen molar-refractivity contribution in [3.05, 3.63) is 35.4 Å². The molecule has 3 heteroatoms. The molecule has 0 saturated carbocycles. The average Bonchev–Trinajstić information content (AvgIpc) is 2.36. The fraction of sp³-hybridized carbons (Fsp3) is 0.588. The van der Waals surface area contributed by atoms with E-state index in [-0.39, 0.29) is 17.9 Å². The normalized spacial score (nSPS) is 12.8. The first kappa shape index (κ1) is 16.7. The number of carbonyl (C=O) groups is 1. The van der Waals surface area contributed by atoms with Crippen molar-refractivity contribution in [2.45, 2.75) is 46.6 Å². The summed E-state index contributed by atoms with van der Waals surface area (Å²) in [5.41, 5.74) is 8.25. The van der Waals surface area contributed by atoms with Crippen LogP contribution in [0.15, 0.2) is 24.3 Å². The van der Waals surface area contributed by atoms with E-state index in [0.29, 0.717) is 18.9 Å². The quantitative estimate of drug-likeness (QED) is 0.804. The maximum Gasteiger partial charge on any atom is 0.224 e. The number of hydrogen-bond donors (Lipinski definition) is 2. The molecule has 112 valence electrons. The molecule has 0 radical (unpaired) electrons. The molecular weight excluding hydrogens is 248 g/mol. The third-order valence-corrected chi connectivity index (χ3v) is 3.24. The van der Waals surface area contributed by atoms with Crippen LogP contribution in [0.5, 0.6) is 0 Å². The number of rotatable bonds is 7. The lowest BCUT2D eigenvalue weighted by Gasteiger charge is -2.17.